The van der Waals surface area contributed by atoms with Gasteiger partial charge in [0.25, 0.3) is 0 Å². The van der Waals surface area contributed by atoms with Gasteiger partial charge in [-0.05, 0) is 54.8 Å². The second-order valence-electron chi connectivity index (χ2n) is 7.37. The second kappa shape index (κ2) is 6.68. The highest BCUT2D eigenvalue weighted by Gasteiger charge is 2.41. The molecule has 3 atom stereocenters. The van der Waals surface area contributed by atoms with Gasteiger partial charge in [-0.25, -0.2) is 0 Å². The summed E-state index contributed by atoms with van der Waals surface area (Å²) < 4.78 is 0. The van der Waals surface area contributed by atoms with Crippen molar-refractivity contribution >= 4 is 11.6 Å². The first kappa shape index (κ1) is 16.8. The van der Waals surface area contributed by atoms with Gasteiger partial charge in [0.1, 0.15) is 0 Å². The minimum Gasteiger partial charge on any atom is -0.327 e. The standard InChI is InChI=1S/C18H29ClN2/c1-13-17(20)9-8-15(18(13,2)3)12-21(4)11-14-6-5-7-16(19)10-14/h5-7,10,13,15,17H,8-9,11-12,20H2,1-4H3. The van der Waals surface area contributed by atoms with Crippen LogP contribution in [0.15, 0.2) is 24.3 Å². The smallest absolute Gasteiger partial charge is 0.0409 e. The third-order valence-corrected chi connectivity index (χ3v) is 5.83. The number of benzene rings is 1. The zero-order chi connectivity index (χ0) is 15.6. The van der Waals surface area contributed by atoms with Gasteiger partial charge in [0.05, 0.1) is 0 Å². The van der Waals surface area contributed by atoms with Crippen LogP contribution < -0.4 is 5.73 Å². The van der Waals surface area contributed by atoms with Gasteiger partial charge in [-0.1, -0.05) is 44.5 Å². The Labute approximate surface area is 134 Å². The van der Waals surface area contributed by atoms with Crippen LogP contribution in [0.5, 0.6) is 0 Å². The van der Waals surface area contributed by atoms with E-state index in [1.165, 1.54) is 12.0 Å². The zero-order valence-electron chi connectivity index (χ0n) is 13.8. The first-order valence-corrected chi connectivity index (χ1v) is 8.37. The normalized spacial score (nSPS) is 28.8. The minimum atomic E-state index is 0.306. The molecule has 118 valence electrons. The van der Waals surface area contributed by atoms with Gasteiger partial charge < -0.3 is 10.6 Å². The molecule has 21 heavy (non-hydrogen) atoms. The van der Waals surface area contributed by atoms with Gasteiger partial charge in [0.15, 0.2) is 0 Å². The lowest BCUT2D eigenvalue weighted by atomic mass is 9.61. The Bertz CT molecular complexity index is 472. The Balaban J connectivity index is 1.97. The molecule has 0 heterocycles. The molecule has 1 fully saturated rings. The quantitative estimate of drug-likeness (QED) is 0.904. The lowest BCUT2D eigenvalue weighted by molar-refractivity contribution is 0.0324. The van der Waals surface area contributed by atoms with Crippen LogP contribution in [0.1, 0.15) is 39.2 Å². The number of rotatable bonds is 4. The Morgan fingerprint density at radius 2 is 2.05 bits per heavy atom. The fourth-order valence-electron chi connectivity index (χ4n) is 3.65. The molecule has 3 heteroatoms. The van der Waals surface area contributed by atoms with Gasteiger partial charge in [-0.3, -0.25) is 0 Å². The number of nitrogens with zero attached hydrogens (tertiary/aromatic N) is 1. The van der Waals surface area contributed by atoms with Crippen LogP contribution in [0, 0.1) is 17.3 Å². The van der Waals surface area contributed by atoms with Crippen LogP contribution >= 0.6 is 11.6 Å². The SMILES string of the molecule is CC1C(N)CCC(CN(C)Cc2cccc(Cl)c2)C1(C)C. The first-order valence-electron chi connectivity index (χ1n) is 7.99. The molecule has 1 aromatic carbocycles. The molecule has 1 aliphatic carbocycles. The Morgan fingerprint density at radius 1 is 1.33 bits per heavy atom. The van der Waals surface area contributed by atoms with Crippen molar-refractivity contribution in [3.05, 3.63) is 34.9 Å². The number of halogens is 1. The molecular weight excluding hydrogens is 280 g/mol. The van der Waals surface area contributed by atoms with E-state index in [9.17, 15) is 0 Å². The van der Waals surface area contributed by atoms with E-state index in [4.69, 9.17) is 17.3 Å². The fourth-order valence-corrected chi connectivity index (χ4v) is 3.87. The molecular formula is C18H29ClN2. The summed E-state index contributed by atoms with van der Waals surface area (Å²) in [5, 5.41) is 0.818. The third-order valence-electron chi connectivity index (χ3n) is 5.59. The summed E-state index contributed by atoms with van der Waals surface area (Å²) in [6.45, 7) is 9.15. The molecule has 2 rings (SSSR count). The summed E-state index contributed by atoms with van der Waals surface area (Å²) in [4.78, 5) is 2.42. The van der Waals surface area contributed by atoms with E-state index in [2.05, 4.69) is 44.9 Å². The largest absolute Gasteiger partial charge is 0.327 e. The molecule has 0 aromatic heterocycles. The average molecular weight is 309 g/mol. The summed E-state index contributed by atoms with van der Waals surface area (Å²) in [7, 11) is 2.20. The summed E-state index contributed by atoms with van der Waals surface area (Å²) in [5.41, 5.74) is 7.85. The maximum absolute atomic E-state index is 6.26. The number of hydrogen-bond donors (Lipinski definition) is 1. The molecule has 0 bridgehead atoms. The van der Waals surface area contributed by atoms with E-state index < -0.39 is 0 Å². The first-order chi connectivity index (χ1) is 9.80. The lowest BCUT2D eigenvalue weighted by Gasteiger charge is -2.48. The van der Waals surface area contributed by atoms with E-state index in [-0.39, 0.29) is 0 Å². The molecule has 0 radical (unpaired) electrons. The van der Waals surface area contributed by atoms with Gasteiger partial charge in [0, 0.05) is 24.2 Å². The van der Waals surface area contributed by atoms with Crippen molar-refractivity contribution in [1.29, 1.82) is 0 Å². The van der Waals surface area contributed by atoms with Crippen LogP contribution in [0.2, 0.25) is 5.02 Å². The van der Waals surface area contributed by atoms with Gasteiger partial charge in [-0.2, -0.15) is 0 Å². The third kappa shape index (κ3) is 4.00. The molecule has 2 N–H and O–H groups in total. The maximum Gasteiger partial charge on any atom is 0.0409 e. The predicted molar refractivity (Wildman–Crippen MR) is 91.4 cm³/mol. The van der Waals surface area contributed by atoms with Crippen molar-refractivity contribution in [3.63, 3.8) is 0 Å². The molecule has 2 nitrogen and oxygen atoms in total. The topological polar surface area (TPSA) is 29.3 Å². The van der Waals surface area contributed by atoms with Crippen molar-refractivity contribution in [1.82, 2.24) is 4.90 Å². The molecule has 0 aliphatic heterocycles. The maximum atomic E-state index is 6.26. The van der Waals surface area contributed by atoms with Crippen LogP contribution in [0.4, 0.5) is 0 Å². The molecule has 0 saturated heterocycles. The van der Waals surface area contributed by atoms with E-state index in [0.717, 1.165) is 24.5 Å². The van der Waals surface area contributed by atoms with E-state index in [0.29, 0.717) is 23.3 Å². The summed E-state index contributed by atoms with van der Waals surface area (Å²) >= 11 is 6.07. The van der Waals surface area contributed by atoms with Crippen LogP contribution in [0.25, 0.3) is 0 Å². The minimum absolute atomic E-state index is 0.306. The summed E-state index contributed by atoms with van der Waals surface area (Å²) in [6, 6.07) is 8.51. The van der Waals surface area contributed by atoms with Crippen molar-refractivity contribution in [2.24, 2.45) is 23.0 Å². The molecule has 3 unspecified atom stereocenters. The highest BCUT2D eigenvalue weighted by atomic mass is 35.5. The van der Waals surface area contributed by atoms with E-state index in [1.807, 2.05) is 12.1 Å². The monoisotopic (exact) mass is 308 g/mol. The van der Waals surface area contributed by atoms with E-state index in [1.54, 1.807) is 0 Å². The van der Waals surface area contributed by atoms with Gasteiger partial charge in [-0.15, -0.1) is 0 Å². The van der Waals surface area contributed by atoms with Crippen molar-refractivity contribution in [3.8, 4) is 0 Å². The molecule has 0 spiro atoms. The molecule has 1 aromatic rings. The second-order valence-corrected chi connectivity index (χ2v) is 7.81. The molecule has 0 amide bonds. The number of hydrogen-bond acceptors (Lipinski definition) is 2. The van der Waals surface area contributed by atoms with Gasteiger partial charge >= 0.3 is 0 Å². The highest BCUT2D eigenvalue weighted by molar-refractivity contribution is 6.30. The van der Waals surface area contributed by atoms with Crippen LogP contribution in [-0.4, -0.2) is 24.5 Å². The number of nitrogens with two attached hydrogens (primary N) is 1. The van der Waals surface area contributed by atoms with E-state index >= 15 is 0 Å². The fraction of sp³-hybridized carbons (Fsp3) is 0.667. The lowest BCUT2D eigenvalue weighted by Crippen LogP contribution is -2.49. The van der Waals surface area contributed by atoms with Crippen molar-refractivity contribution in [2.45, 2.75) is 46.2 Å². The van der Waals surface area contributed by atoms with Crippen molar-refractivity contribution in [2.75, 3.05) is 13.6 Å². The Morgan fingerprint density at radius 3 is 2.71 bits per heavy atom. The predicted octanol–water partition coefficient (Wildman–Crippen LogP) is 4.17. The average Bonchev–Trinajstić information content (AvgIpc) is 2.40. The van der Waals surface area contributed by atoms with Crippen LogP contribution in [-0.2, 0) is 6.54 Å². The molecule has 1 saturated carbocycles. The Kier molecular flexibility index (Phi) is 5.34. The zero-order valence-corrected chi connectivity index (χ0v) is 14.5. The Hall–Kier alpha value is -0.570. The van der Waals surface area contributed by atoms with Crippen molar-refractivity contribution < 1.29 is 0 Å². The molecule has 1 aliphatic rings. The van der Waals surface area contributed by atoms with Crippen LogP contribution in [0.3, 0.4) is 0 Å². The highest BCUT2D eigenvalue weighted by Crippen LogP contribution is 2.44. The summed E-state index contributed by atoms with van der Waals surface area (Å²) in [5.74, 6) is 1.28. The summed E-state index contributed by atoms with van der Waals surface area (Å²) in [6.07, 6.45) is 2.39. The van der Waals surface area contributed by atoms with Gasteiger partial charge in [0.2, 0.25) is 0 Å².